The van der Waals surface area contributed by atoms with Gasteiger partial charge < -0.3 is 14.4 Å². The minimum atomic E-state index is -0.331. The molecule has 1 unspecified atom stereocenters. The third-order valence-corrected chi connectivity index (χ3v) is 11.9. The molecule has 4 heteroatoms. The van der Waals surface area contributed by atoms with Crippen LogP contribution in [0.2, 0.25) is 0 Å². The van der Waals surface area contributed by atoms with E-state index in [1.54, 1.807) is 0 Å². The second-order valence-electron chi connectivity index (χ2n) is 17.1. The summed E-state index contributed by atoms with van der Waals surface area (Å²) in [6.07, 6.45) is 60.0. The van der Waals surface area contributed by atoms with Crippen molar-refractivity contribution in [3.8, 4) is 0 Å². The van der Waals surface area contributed by atoms with Gasteiger partial charge >= 0.3 is 0 Å². The second kappa shape index (κ2) is 32.0. The van der Waals surface area contributed by atoms with Crippen molar-refractivity contribution in [3.05, 3.63) is 78.7 Å². The molecule has 0 spiro atoms. The van der Waals surface area contributed by atoms with E-state index < -0.39 is 0 Å². The van der Waals surface area contributed by atoms with E-state index in [2.05, 4.69) is 85.5 Å². The second-order valence-corrected chi connectivity index (χ2v) is 17.1. The molecule has 1 saturated carbocycles. The van der Waals surface area contributed by atoms with E-state index in [0.29, 0.717) is 18.1 Å². The van der Waals surface area contributed by atoms with Crippen LogP contribution in [-0.2, 0) is 16.0 Å². The zero-order valence-corrected chi connectivity index (χ0v) is 36.3. The number of hydrogen-bond donors (Lipinski definition) is 0. The van der Waals surface area contributed by atoms with Crippen molar-refractivity contribution in [3.63, 3.8) is 0 Å². The van der Waals surface area contributed by atoms with E-state index >= 15 is 0 Å². The maximum atomic E-state index is 6.99. The number of unbranched alkanes of at least 4 members (excludes halogenated alkanes) is 18. The van der Waals surface area contributed by atoms with Crippen molar-refractivity contribution >= 4 is 0 Å². The number of allylic oxidation sites excluding steroid dienone is 8. The fourth-order valence-electron chi connectivity index (χ4n) is 8.53. The first-order chi connectivity index (χ1) is 27.1. The summed E-state index contributed by atoms with van der Waals surface area (Å²) in [6, 6.07) is 4.21. The van der Waals surface area contributed by atoms with Crippen LogP contribution in [0.15, 0.2) is 73.1 Å². The number of hydrogen-bond acceptors (Lipinski definition) is 4. The van der Waals surface area contributed by atoms with E-state index in [-0.39, 0.29) is 5.79 Å². The lowest BCUT2D eigenvalue weighted by atomic mass is 9.98. The topological polar surface area (TPSA) is 34.6 Å². The molecule has 1 saturated heterocycles. The SMILES string of the molecule is CCCCC/C=C\C/C=C\CCCCCCCCC1(CCCCCCCC/C=C\C/C=C\CCCCC)O[C@H]2CC(CCN(C)Cc3cccnc3)C[C@H]2O1. The fourth-order valence-corrected chi connectivity index (χ4v) is 8.53. The van der Waals surface area contributed by atoms with Crippen LogP contribution in [-0.4, -0.2) is 41.5 Å². The van der Waals surface area contributed by atoms with Gasteiger partial charge in [0.15, 0.2) is 5.79 Å². The monoisotopic (exact) mass is 759 g/mol. The number of fused-ring (bicyclic) bond motifs is 1. The highest BCUT2D eigenvalue weighted by Gasteiger charge is 2.50. The average molecular weight is 759 g/mol. The molecule has 4 nitrogen and oxygen atoms in total. The first-order valence-corrected chi connectivity index (χ1v) is 23.7. The summed E-state index contributed by atoms with van der Waals surface area (Å²) >= 11 is 0. The van der Waals surface area contributed by atoms with Gasteiger partial charge in [-0.05, 0) is 127 Å². The van der Waals surface area contributed by atoms with Crippen LogP contribution in [0.1, 0.15) is 206 Å². The van der Waals surface area contributed by atoms with Gasteiger partial charge in [-0.3, -0.25) is 4.98 Å². The maximum Gasteiger partial charge on any atom is 0.169 e. The Labute approximate surface area is 341 Å². The largest absolute Gasteiger partial charge is 0.344 e. The van der Waals surface area contributed by atoms with Crippen LogP contribution in [0.3, 0.4) is 0 Å². The quantitative estimate of drug-likeness (QED) is 0.0510. The van der Waals surface area contributed by atoms with Crippen LogP contribution in [0.4, 0.5) is 0 Å². The Morgan fingerprint density at radius 2 is 1.07 bits per heavy atom. The van der Waals surface area contributed by atoms with Gasteiger partial charge in [0.25, 0.3) is 0 Å². The van der Waals surface area contributed by atoms with Crippen LogP contribution >= 0.6 is 0 Å². The van der Waals surface area contributed by atoms with Crippen molar-refractivity contribution in [1.29, 1.82) is 0 Å². The standard InChI is InChI=1S/C51H86N2O2/c1-4-6-8-10-12-14-16-18-20-22-24-26-28-30-32-34-39-51(40-35-33-31-29-27-25-23-21-19-17-15-13-11-9-7-5-2)54-49-43-47(44-50(49)55-51)38-42-53(3)46-48-37-36-41-52-45-48/h12-15,18-21,36-37,41,45,47,49-50H,4-11,16-17,22-35,38-40,42-44,46H2,1-3H3/b14-12-,15-13-,20-18-,21-19-/t47?,49-,50+. The molecule has 3 rings (SSSR count). The molecular formula is C51H86N2O2. The zero-order chi connectivity index (χ0) is 38.9. The highest BCUT2D eigenvalue weighted by Crippen LogP contribution is 2.46. The lowest BCUT2D eigenvalue weighted by Crippen LogP contribution is -2.32. The molecule has 0 aromatic carbocycles. The molecule has 2 heterocycles. The molecule has 0 N–H and O–H groups in total. The smallest absolute Gasteiger partial charge is 0.169 e. The van der Waals surface area contributed by atoms with Gasteiger partial charge in [0.1, 0.15) is 0 Å². The molecule has 2 fully saturated rings. The normalized spacial score (nSPS) is 19.7. The van der Waals surface area contributed by atoms with E-state index in [0.717, 1.165) is 38.8 Å². The molecule has 55 heavy (non-hydrogen) atoms. The summed E-state index contributed by atoms with van der Waals surface area (Å²) in [4.78, 5) is 6.73. The summed E-state index contributed by atoms with van der Waals surface area (Å²) in [5.41, 5.74) is 1.29. The predicted molar refractivity (Wildman–Crippen MR) is 238 cm³/mol. The summed E-state index contributed by atoms with van der Waals surface area (Å²) < 4.78 is 14.0. The summed E-state index contributed by atoms with van der Waals surface area (Å²) in [7, 11) is 2.24. The lowest BCUT2D eigenvalue weighted by molar-refractivity contribution is -0.193. The van der Waals surface area contributed by atoms with Gasteiger partial charge in [-0.1, -0.05) is 146 Å². The number of rotatable bonds is 35. The van der Waals surface area contributed by atoms with Crippen LogP contribution in [0, 0.1) is 5.92 Å². The van der Waals surface area contributed by atoms with Gasteiger partial charge in [0.05, 0.1) is 12.2 Å². The van der Waals surface area contributed by atoms with E-state index in [4.69, 9.17) is 9.47 Å². The average Bonchev–Trinajstić information content (AvgIpc) is 3.73. The van der Waals surface area contributed by atoms with Gasteiger partial charge in [-0.15, -0.1) is 0 Å². The highest BCUT2D eigenvalue weighted by atomic mass is 16.8. The Morgan fingerprint density at radius 3 is 1.53 bits per heavy atom. The van der Waals surface area contributed by atoms with Crippen molar-refractivity contribution in [2.45, 2.75) is 225 Å². The number of ether oxygens (including phenoxy) is 2. The summed E-state index contributed by atoms with van der Waals surface area (Å²) in [5.74, 6) is 0.370. The zero-order valence-electron chi connectivity index (χ0n) is 36.3. The van der Waals surface area contributed by atoms with E-state index in [9.17, 15) is 0 Å². The Kier molecular flexibility index (Phi) is 27.6. The lowest BCUT2D eigenvalue weighted by Gasteiger charge is -2.30. The van der Waals surface area contributed by atoms with Crippen LogP contribution in [0.25, 0.3) is 0 Å². The Balaban J connectivity index is 1.30. The van der Waals surface area contributed by atoms with Gasteiger partial charge in [-0.2, -0.15) is 0 Å². The number of pyridine rings is 1. The van der Waals surface area contributed by atoms with Crippen molar-refractivity contribution < 1.29 is 9.47 Å². The van der Waals surface area contributed by atoms with E-state index in [1.165, 1.54) is 166 Å². The van der Waals surface area contributed by atoms with Crippen molar-refractivity contribution in [2.24, 2.45) is 5.92 Å². The first kappa shape index (κ1) is 47.4. The third kappa shape index (κ3) is 23.1. The summed E-state index contributed by atoms with van der Waals surface area (Å²) in [5, 5.41) is 0. The van der Waals surface area contributed by atoms with E-state index in [1.807, 2.05) is 18.5 Å². The molecule has 0 amide bonds. The summed E-state index contributed by atoms with van der Waals surface area (Å²) in [6.45, 7) is 6.62. The molecule has 1 aliphatic carbocycles. The minimum absolute atomic E-state index is 0.294. The fraction of sp³-hybridized carbons (Fsp3) is 0.745. The minimum Gasteiger partial charge on any atom is -0.344 e. The Morgan fingerprint density at radius 1 is 0.618 bits per heavy atom. The Hall–Kier alpha value is -2.01. The van der Waals surface area contributed by atoms with Crippen molar-refractivity contribution in [1.82, 2.24) is 9.88 Å². The maximum absolute atomic E-state index is 6.99. The van der Waals surface area contributed by atoms with Gasteiger partial charge in [-0.25, -0.2) is 0 Å². The molecule has 1 aromatic rings. The number of nitrogens with zero attached hydrogens (tertiary/aromatic N) is 2. The van der Waals surface area contributed by atoms with Gasteiger partial charge in [0, 0.05) is 31.8 Å². The predicted octanol–water partition coefficient (Wildman–Crippen LogP) is 15.2. The Bertz CT molecular complexity index is 1080. The molecule has 1 aromatic heterocycles. The van der Waals surface area contributed by atoms with Crippen LogP contribution < -0.4 is 0 Å². The third-order valence-electron chi connectivity index (χ3n) is 11.9. The van der Waals surface area contributed by atoms with Gasteiger partial charge in [0.2, 0.25) is 0 Å². The number of aromatic nitrogens is 1. The van der Waals surface area contributed by atoms with Crippen molar-refractivity contribution in [2.75, 3.05) is 13.6 Å². The molecular weight excluding hydrogens is 673 g/mol. The molecule has 1 aliphatic heterocycles. The highest BCUT2D eigenvalue weighted by molar-refractivity contribution is 5.08. The molecule has 0 radical (unpaired) electrons. The van der Waals surface area contributed by atoms with Crippen LogP contribution in [0.5, 0.6) is 0 Å². The first-order valence-electron chi connectivity index (χ1n) is 23.7. The molecule has 312 valence electrons. The molecule has 2 aliphatic rings. The molecule has 0 bridgehead atoms. The molecule has 3 atom stereocenters.